The smallest absolute Gasteiger partial charge is 0.407 e. The van der Waals surface area contributed by atoms with Gasteiger partial charge in [-0.15, -0.1) is 11.3 Å². The van der Waals surface area contributed by atoms with E-state index in [0.717, 1.165) is 64.0 Å². The van der Waals surface area contributed by atoms with E-state index in [1.165, 1.54) is 20.3 Å². The van der Waals surface area contributed by atoms with E-state index in [4.69, 9.17) is 19.2 Å². The van der Waals surface area contributed by atoms with Gasteiger partial charge < -0.3 is 49.7 Å². The molecule has 2 fully saturated rings. The van der Waals surface area contributed by atoms with Crippen LogP contribution < -0.4 is 15.4 Å². The Morgan fingerprint density at radius 2 is 1.41 bits per heavy atom. The second-order valence-corrected chi connectivity index (χ2v) is 20.1. The maximum absolute atomic E-state index is 16.9. The Kier molecular flexibility index (Phi) is 14.0. The number of nitrogens with zero attached hydrogens (tertiary/aromatic N) is 5. The molecule has 2 saturated heterocycles. The molecule has 7 heterocycles. The van der Waals surface area contributed by atoms with Crippen molar-refractivity contribution in [2.45, 2.75) is 103 Å². The van der Waals surface area contributed by atoms with Crippen molar-refractivity contribution in [3.63, 3.8) is 0 Å². The number of carbonyl (C=O) groups is 4. The first-order valence-electron chi connectivity index (χ1n) is 24.0. The van der Waals surface area contributed by atoms with Gasteiger partial charge >= 0.3 is 12.2 Å². The van der Waals surface area contributed by atoms with Gasteiger partial charge in [0.1, 0.15) is 35.3 Å². The number of likely N-dealkylation sites (tertiary alicyclic amines) is 2. The summed E-state index contributed by atoms with van der Waals surface area (Å²) in [6, 6.07) is 13.3. The highest BCUT2D eigenvalue weighted by molar-refractivity contribution is 7.12. The minimum Gasteiger partial charge on any atom is -0.464 e. The normalized spacial score (nSPS) is 18.5. The number of halogens is 1. The van der Waals surface area contributed by atoms with Crippen LogP contribution in [0.4, 0.5) is 14.0 Å². The molecule has 0 aliphatic carbocycles. The summed E-state index contributed by atoms with van der Waals surface area (Å²) in [6.45, 7) is 8.70. The molecule has 0 spiro atoms. The largest absolute Gasteiger partial charge is 0.464 e. The first-order chi connectivity index (χ1) is 33.8. The first-order valence-corrected chi connectivity index (χ1v) is 24.9. The zero-order valence-electron chi connectivity index (χ0n) is 40.2. The molecule has 370 valence electrons. The monoisotopic (exact) mass is 977 g/mol. The highest BCUT2D eigenvalue weighted by Crippen LogP contribution is 2.48. The SMILES string of the molecule is COC(=O)N[C@H](C(=O)N1CCC[C@@H]1c1cnc(-c2cc(F)c3c(c2)OC(c2ccc(CCCCO)s2)n2c-3cc3cc(-c4ncc([C@@H]5CCCN5C(=O)[C@@H](NC(=O)OC)C(C)C)[nH]4)ccc32)[nH]1)C(C)C. The number of benzene rings is 2. The summed E-state index contributed by atoms with van der Waals surface area (Å²) in [5.41, 5.74) is 4.54. The summed E-state index contributed by atoms with van der Waals surface area (Å²) < 4.78 is 35.5. The molecular formula is C51H60FN9O8S. The average molecular weight is 978 g/mol. The number of rotatable bonds is 15. The number of thiophene rings is 1. The fourth-order valence-corrected chi connectivity index (χ4v) is 11.2. The van der Waals surface area contributed by atoms with E-state index in [-0.39, 0.29) is 42.3 Å². The molecule has 4 amide bonds. The topological polar surface area (TPSA) is 209 Å². The Balaban J connectivity index is 1.04. The number of nitrogens with one attached hydrogen (secondary N) is 4. The molecule has 2 aromatic carbocycles. The molecule has 6 aromatic rings. The van der Waals surface area contributed by atoms with Crippen LogP contribution in [0.25, 0.3) is 44.9 Å². The van der Waals surface area contributed by atoms with Crippen LogP contribution in [0.15, 0.2) is 60.9 Å². The highest BCUT2D eigenvalue weighted by Gasteiger charge is 2.39. The lowest BCUT2D eigenvalue weighted by Crippen LogP contribution is -2.51. The van der Waals surface area contributed by atoms with Crippen molar-refractivity contribution in [3.05, 3.63) is 87.9 Å². The molecule has 1 unspecified atom stereocenters. The maximum Gasteiger partial charge on any atom is 0.407 e. The summed E-state index contributed by atoms with van der Waals surface area (Å²) >= 11 is 1.62. The summed E-state index contributed by atoms with van der Waals surface area (Å²) in [4.78, 5) is 73.9. The number of methoxy groups -OCH3 is 2. The number of fused-ring (bicyclic) bond motifs is 5. The lowest BCUT2D eigenvalue weighted by molar-refractivity contribution is -0.136. The number of unbranched alkanes of at least 4 members (excludes halogenated alkanes) is 1. The summed E-state index contributed by atoms with van der Waals surface area (Å²) in [5, 5.41) is 15.7. The van der Waals surface area contributed by atoms with Gasteiger partial charge in [-0.2, -0.15) is 0 Å². The van der Waals surface area contributed by atoms with Crippen LogP contribution >= 0.6 is 11.3 Å². The second kappa shape index (κ2) is 20.3. The minimum absolute atomic E-state index is 0.129. The lowest BCUT2D eigenvalue weighted by atomic mass is 10.0. The van der Waals surface area contributed by atoms with Gasteiger partial charge in [0.2, 0.25) is 18.0 Å². The number of hydrogen-bond donors (Lipinski definition) is 5. The van der Waals surface area contributed by atoms with Gasteiger partial charge in [-0.05, 0) is 105 Å². The third kappa shape index (κ3) is 9.35. The van der Waals surface area contributed by atoms with Crippen molar-refractivity contribution in [2.75, 3.05) is 33.9 Å². The number of ether oxygens (including phenoxy) is 3. The maximum atomic E-state index is 16.9. The second-order valence-electron chi connectivity index (χ2n) is 18.9. The van der Waals surface area contributed by atoms with Gasteiger partial charge in [-0.1, -0.05) is 27.7 Å². The van der Waals surface area contributed by atoms with Gasteiger partial charge in [0.15, 0.2) is 0 Å². The summed E-state index contributed by atoms with van der Waals surface area (Å²) in [7, 11) is 2.54. The third-order valence-corrected chi connectivity index (χ3v) is 14.9. The molecule has 19 heteroatoms. The number of carbonyl (C=O) groups excluding carboxylic acids is 4. The number of aliphatic hydroxyl groups excluding tert-OH is 1. The lowest BCUT2D eigenvalue weighted by Gasteiger charge is -2.30. The van der Waals surface area contributed by atoms with E-state index in [1.807, 2.05) is 62.6 Å². The Hall–Kier alpha value is -6.73. The Morgan fingerprint density at radius 3 is 1.99 bits per heavy atom. The van der Waals surface area contributed by atoms with E-state index in [9.17, 15) is 24.3 Å². The predicted octanol–water partition coefficient (Wildman–Crippen LogP) is 8.63. The summed E-state index contributed by atoms with van der Waals surface area (Å²) in [6.07, 6.45) is 6.82. The van der Waals surface area contributed by atoms with Crippen molar-refractivity contribution >= 4 is 46.2 Å². The number of aliphatic hydroxyl groups is 1. The van der Waals surface area contributed by atoms with Crippen LogP contribution in [0.5, 0.6) is 5.75 Å². The van der Waals surface area contributed by atoms with Gasteiger partial charge in [0.25, 0.3) is 0 Å². The van der Waals surface area contributed by atoms with Crippen molar-refractivity contribution in [1.29, 1.82) is 0 Å². The molecule has 9 rings (SSSR count). The quantitative estimate of drug-likeness (QED) is 0.0619. The van der Waals surface area contributed by atoms with E-state index in [0.29, 0.717) is 65.8 Å². The number of amides is 4. The molecule has 3 aliphatic rings. The van der Waals surface area contributed by atoms with Crippen LogP contribution in [-0.4, -0.2) is 109 Å². The first kappa shape index (κ1) is 48.3. The number of alkyl carbamates (subject to hydrolysis) is 2. The molecule has 0 saturated carbocycles. The standard InChI is InChI=1S/C51H60FN9O8S/c1-27(2)43(57-50(65)67-5)47(63)59-18-9-12-37(59)34-25-53-45(55-34)29-14-16-36-30(21-29)23-39-42-33(52)22-31(24-40(42)69-49(61(36)39)41-17-15-32(70-41)11-7-8-20-62)46-54-26-35(56-46)38-13-10-19-60(38)48(64)44(28(3)4)58-51(66)68-6/h14-17,21-28,37-38,43-44,49,62H,7-13,18-20H2,1-6H3,(H,53,55)(H,54,56)(H,57,65)(H,58,66)/t37-,38+,43-,44-,49?/m0/s1. The molecule has 17 nitrogen and oxygen atoms in total. The van der Waals surface area contributed by atoms with Gasteiger partial charge in [-0.25, -0.2) is 23.9 Å². The van der Waals surface area contributed by atoms with Crippen LogP contribution in [0.1, 0.15) is 106 Å². The van der Waals surface area contributed by atoms with Crippen molar-refractivity contribution < 1.29 is 42.9 Å². The zero-order valence-corrected chi connectivity index (χ0v) is 41.0. The highest BCUT2D eigenvalue weighted by atomic mass is 32.1. The Labute approximate surface area is 409 Å². The fourth-order valence-electron chi connectivity index (χ4n) is 10.1. The van der Waals surface area contributed by atoms with Crippen molar-refractivity contribution in [3.8, 4) is 39.8 Å². The molecule has 3 aliphatic heterocycles. The van der Waals surface area contributed by atoms with E-state index in [1.54, 1.807) is 39.6 Å². The third-order valence-electron chi connectivity index (χ3n) is 13.7. The van der Waals surface area contributed by atoms with Gasteiger partial charge in [0.05, 0.1) is 71.7 Å². The van der Waals surface area contributed by atoms with Gasteiger partial charge in [-0.3, -0.25) is 14.2 Å². The molecule has 5 atom stereocenters. The predicted molar refractivity (Wildman–Crippen MR) is 261 cm³/mol. The zero-order chi connectivity index (χ0) is 49.4. The fraction of sp³-hybridized carbons (Fsp3) is 0.451. The van der Waals surface area contributed by atoms with Crippen LogP contribution in [0.3, 0.4) is 0 Å². The molecular weight excluding hydrogens is 918 g/mol. The van der Waals surface area contributed by atoms with E-state index >= 15 is 4.39 Å². The summed E-state index contributed by atoms with van der Waals surface area (Å²) in [5.74, 6) is 0.164. The van der Waals surface area contributed by atoms with Crippen molar-refractivity contribution in [2.24, 2.45) is 11.8 Å². The van der Waals surface area contributed by atoms with Crippen LogP contribution in [0, 0.1) is 17.7 Å². The number of imidazole rings is 2. The molecule has 0 radical (unpaired) electrons. The number of aromatic amines is 2. The average Bonchev–Trinajstić information content (AvgIpc) is 4.21. The molecule has 5 N–H and O–H groups in total. The molecule has 4 aromatic heterocycles. The van der Waals surface area contributed by atoms with Crippen molar-refractivity contribution in [1.82, 2.24) is 44.9 Å². The minimum atomic E-state index is -0.773. The number of H-pyrrole nitrogens is 2. The molecule has 0 bridgehead atoms. The van der Waals surface area contributed by atoms with Gasteiger partial charge in [0, 0.05) is 41.1 Å². The number of aromatic nitrogens is 5. The Bertz CT molecular complexity index is 2900. The Morgan fingerprint density at radius 1 is 0.814 bits per heavy atom. The number of hydrogen-bond acceptors (Lipinski definition) is 11. The van der Waals surface area contributed by atoms with E-state index in [2.05, 4.69) is 31.7 Å². The molecule has 70 heavy (non-hydrogen) atoms. The van der Waals surface area contributed by atoms with Crippen LogP contribution in [-0.2, 0) is 25.5 Å². The number of aryl methyl sites for hydroxylation is 1. The van der Waals surface area contributed by atoms with Crippen LogP contribution in [0.2, 0.25) is 0 Å². The van der Waals surface area contributed by atoms with E-state index < -0.39 is 36.3 Å².